The van der Waals surface area contributed by atoms with Gasteiger partial charge in [-0.15, -0.1) is 0 Å². The zero-order valence-corrected chi connectivity index (χ0v) is 13.3. The molecule has 0 aliphatic heterocycles. The molecule has 0 aromatic heterocycles. The minimum Gasteiger partial charge on any atom is -0.550 e. The predicted octanol–water partition coefficient (Wildman–Crippen LogP) is -1.44. The van der Waals surface area contributed by atoms with E-state index < -0.39 is 5.97 Å². The molecule has 0 aliphatic rings. The maximum absolute atomic E-state index is 10.1. The molecule has 0 N–H and O–H groups in total. The van der Waals surface area contributed by atoms with Crippen molar-refractivity contribution in [1.82, 2.24) is 0 Å². The first kappa shape index (κ1) is 16.4. The summed E-state index contributed by atoms with van der Waals surface area (Å²) in [6, 6.07) is 5.31. The second-order valence-electron chi connectivity index (χ2n) is 3.23. The molecule has 0 amide bonds. The van der Waals surface area contributed by atoms with Gasteiger partial charge in [-0.1, -0.05) is 11.6 Å². The Hall–Kier alpha value is 0.416. The van der Waals surface area contributed by atoms with Gasteiger partial charge >= 0.3 is 51.4 Å². The van der Waals surface area contributed by atoms with E-state index in [1.165, 1.54) is 0 Å². The fourth-order valence-corrected chi connectivity index (χ4v) is 1.40. The average molecular weight is 267 g/mol. The van der Waals surface area contributed by atoms with Crippen LogP contribution in [0.5, 0.6) is 5.75 Å². The molecule has 0 bridgehead atoms. The van der Waals surface area contributed by atoms with Crippen molar-refractivity contribution in [2.24, 2.45) is 0 Å². The normalized spacial score (nSPS) is 9.38. The Bertz CT molecular complexity index is 355. The van der Waals surface area contributed by atoms with Gasteiger partial charge in [0.05, 0.1) is 6.61 Å². The number of hydrogen-bond donors (Lipinski definition) is 0. The average Bonchev–Trinajstić information content (AvgIpc) is 2.14. The number of carboxylic acid groups (broad SMARTS) is 1. The summed E-state index contributed by atoms with van der Waals surface area (Å²) in [7, 11) is 0. The van der Waals surface area contributed by atoms with E-state index in [1.54, 1.807) is 18.2 Å². The second kappa shape index (κ2) is 8.50. The fraction of sp³-hybridized carbons (Fsp3) is 0.364. The predicted molar refractivity (Wildman–Crippen MR) is 55.9 cm³/mol. The van der Waals surface area contributed by atoms with Gasteiger partial charge in [0.1, 0.15) is 5.75 Å². The Morgan fingerprint density at radius 2 is 2.19 bits per heavy atom. The van der Waals surface area contributed by atoms with Gasteiger partial charge in [0.25, 0.3) is 0 Å². The van der Waals surface area contributed by atoms with E-state index in [-0.39, 0.29) is 57.8 Å². The van der Waals surface area contributed by atoms with Crippen LogP contribution in [0.3, 0.4) is 0 Å². The zero-order chi connectivity index (χ0) is 11.3. The maximum Gasteiger partial charge on any atom is 1.00 e. The first-order chi connectivity index (χ1) is 7.09. The third kappa shape index (κ3) is 6.23. The molecule has 0 spiro atoms. The van der Waals surface area contributed by atoms with Crippen LogP contribution >= 0.6 is 11.6 Å². The molecule has 1 aromatic rings. The Morgan fingerprint density at radius 1 is 1.50 bits per heavy atom. The first-order valence-corrected chi connectivity index (χ1v) is 5.06. The monoisotopic (exact) mass is 266 g/mol. The largest absolute Gasteiger partial charge is 1.00 e. The number of halogens is 1. The summed E-state index contributed by atoms with van der Waals surface area (Å²) < 4.78 is 5.39. The number of carbonyl (C=O) groups is 1. The standard InChI is InChI=1S/C11H13ClO3.K/c1-8-7-9(12)4-5-10(8)15-6-2-3-11(13)14;/h4-5,7H,2-3,6H2,1H3,(H,13,14);/q;+1/p-1. The number of ether oxygens (including phenoxy) is 1. The van der Waals surface area contributed by atoms with Crippen molar-refractivity contribution >= 4 is 17.6 Å². The van der Waals surface area contributed by atoms with Gasteiger partial charge in [0.15, 0.2) is 0 Å². The number of carboxylic acids is 1. The maximum atomic E-state index is 10.1. The quantitative estimate of drug-likeness (QED) is 0.485. The molecule has 1 aromatic carbocycles. The first-order valence-electron chi connectivity index (χ1n) is 4.68. The van der Waals surface area contributed by atoms with Gasteiger partial charge in [-0.05, 0) is 43.5 Å². The van der Waals surface area contributed by atoms with Crippen LogP contribution < -0.4 is 61.2 Å². The van der Waals surface area contributed by atoms with Gasteiger partial charge in [-0.2, -0.15) is 0 Å². The summed E-state index contributed by atoms with van der Waals surface area (Å²) in [5.74, 6) is -0.316. The second-order valence-corrected chi connectivity index (χ2v) is 3.67. The molecule has 0 saturated carbocycles. The SMILES string of the molecule is Cc1cc(Cl)ccc1OCCCC(=O)[O-].[K+]. The smallest absolute Gasteiger partial charge is 0.550 e. The molecule has 16 heavy (non-hydrogen) atoms. The molecule has 5 heteroatoms. The van der Waals surface area contributed by atoms with Crippen LogP contribution in [0.25, 0.3) is 0 Å². The molecule has 0 saturated heterocycles. The summed E-state index contributed by atoms with van der Waals surface area (Å²) in [5.41, 5.74) is 0.941. The van der Waals surface area contributed by atoms with E-state index in [1.807, 2.05) is 6.92 Å². The van der Waals surface area contributed by atoms with E-state index in [0.717, 1.165) is 11.3 Å². The van der Waals surface area contributed by atoms with Crippen molar-refractivity contribution in [1.29, 1.82) is 0 Å². The van der Waals surface area contributed by atoms with Crippen LogP contribution in [0.1, 0.15) is 18.4 Å². The molecule has 0 aliphatic carbocycles. The van der Waals surface area contributed by atoms with Crippen LogP contribution in [-0.2, 0) is 4.79 Å². The van der Waals surface area contributed by atoms with E-state index in [0.29, 0.717) is 18.1 Å². The van der Waals surface area contributed by atoms with Crippen molar-refractivity contribution in [3.05, 3.63) is 28.8 Å². The Morgan fingerprint density at radius 3 is 2.75 bits per heavy atom. The van der Waals surface area contributed by atoms with Crippen LogP contribution in [0, 0.1) is 6.92 Å². The van der Waals surface area contributed by atoms with Gasteiger partial charge in [-0.25, -0.2) is 0 Å². The summed E-state index contributed by atoms with van der Waals surface area (Å²) in [6.07, 6.45) is 0.469. The molecule has 3 nitrogen and oxygen atoms in total. The van der Waals surface area contributed by atoms with Crippen molar-refractivity contribution in [2.45, 2.75) is 19.8 Å². The fourth-order valence-electron chi connectivity index (χ4n) is 1.17. The Labute approximate surface area is 143 Å². The number of rotatable bonds is 5. The van der Waals surface area contributed by atoms with E-state index in [4.69, 9.17) is 16.3 Å². The summed E-state index contributed by atoms with van der Waals surface area (Å²) in [6.45, 7) is 2.26. The number of benzene rings is 1. The van der Waals surface area contributed by atoms with E-state index in [9.17, 15) is 9.90 Å². The van der Waals surface area contributed by atoms with Crippen molar-refractivity contribution in [3.63, 3.8) is 0 Å². The molecule has 0 heterocycles. The molecular weight excluding hydrogens is 255 g/mol. The van der Waals surface area contributed by atoms with Crippen LogP contribution in [0.2, 0.25) is 5.02 Å². The van der Waals surface area contributed by atoms with Gasteiger partial charge in [0, 0.05) is 11.0 Å². The van der Waals surface area contributed by atoms with Crippen LogP contribution in [0.4, 0.5) is 0 Å². The van der Waals surface area contributed by atoms with E-state index >= 15 is 0 Å². The van der Waals surface area contributed by atoms with Crippen molar-refractivity contribution in [2.75, 3.05) is 6.61 Å². The summed E-state index contributed by atoms with van der Waals surface area (Å²) >= 11 is 5.78. The van der Waals surface area contributed by atoms with Crippen molar-refractivity contribution in [3.8, 4) is 5.75 Å². The Kier molecular flexibility index (Phi) is 8.72. The zero-order valence-electron chi connectivity index (χ0n) is 9.46. The molecule has 0 radical (unpaired) electrons. The minimum atomic E-state index is -1.05. The Balaban J connectivity index is 0.00000225. The molecule has 0 fully saturated rings. The summed E-state index contributed by atoms with van der Waals surface area (Å²) in [4.78, 5) is 10.1. The topological polar surface area (TPSA) is 49.4 Å². The third-order valence-electron chi connectivity index (χ3n) is 1.92. The minimum absolute atomic E-state index is 0. The molecule has 0 atom stereocenters. The number of hydrogen-bond acceptors (Lipinski definition) is 3. The molecule has 82 valence electrons. The summed E-state index contributed by atoms with van der Waals surface area (Å²) in [5, 5.41) is 10.8. The van der Waals surface area contributed by atoms with Gasteiger partial charge in [-0.3, -0.25) is 0 Å². The third-order valence-corrected chi connectivity index (χ3v) is 2.15. The van der Waals surface area contributed by atoms with Crippen molar-refractivity contribution < 1.29 is 66.0 Å². The number of carbonyl (C=O) groups excluding carboxylic acids is 1. The van der Waals surface area contributed by atoms with E-state index in [2.05, 4.69) is 0 Å². The number of aliphatic carboxylic acids is 1. The molecule has 1 rings (SSSR count). The van der Waals surface area contributed by atoms with Gasteiger partial charge in [0.2, 0.25) is 0 Å². The number of aryl methyl sites for hydroxylation is 1. The van der Waals surface area contributed by atoms with Crippen LogP contribution in [0.15, 0.2) is 18.2 Å². The molecular formula is C11H12ClKO3. The molecule has 0 unspecified atom stereocenters. The van der Waals surface area contributed by atoms with Gasteiger partial charge < -0.3 is 14.6 Å². The van der Waals surface area contributed by atoms with Crippen LogP contribution in [-0.4, -0.2) is 12.6 Å².